The Labute approximate surface area is 222 Å². The number of piperidine rings is 1. The largest absolute Gasteiger partial charge is 0.598 e. The zero-order valence-corrected chi connectivity index (χ0v) is 22.7. The molecule has 1 fully saturated rings. The average Bonchev–Trinajstić information content (AvgIpc) is 3.38. The van der Waals surface area contributed by atoms with Crippen LogP contribution in [-0.4, -0.2) is 52.3 Å². The van der Waals surface area contributed by atoms with E-state index in [1.54, 1.807) is 24.7 Å². The molecule has 1 spiro atoms. The van der Waals surface area contributed by atoms with Gasteiger partial charge in [0, 0.05) is 41.0 Å². The summed E-state index contributed by atoms with van der Waals surface area (Å²) < 4.78 is 18.0. The van der Waals surface area contributed by atoms with Crippen LogP contribution >= 0.6 is 23.4 Å². The van der Waals surface area contributed by atoms with Gasteiger partial charge in [0.2, 0.25) is 0 Å². The second-order valence-corrected chi connectivity index (χ2v) is 13.5. The van der Waals surface area contributed by atoms with Crippen molar-refractivity contribution < 1.29 is 4.55 Å². The lowest BCUT2D eigenvalue weighted by Crippen LogP contribution is -2.50. The number of hydrogen-bond donors (Lipinski definition) is 3. The minimum Gasteiger partial charge on any atom is -0.598 e. The molecular weight excluding hydrogens is 520 g/mol. The van der Waals surface area contributed by atoms with E-state index >= 15 is 0 Å². The molecular formula is C22H29ClN10OS2. The molecule has 2 atom stereocenters. The predicted octanol–water partition coefficient (Wildman–Crippen LogP) is 2.83. The average molecular weight is 549 g/mol. The number of nitrogen functional groups attached to an aromatic ring is 2. The number of fused-ring (bicyclic) bond motifs is 1. The number of rotatable bonds is 5. The summed E-state index contributed by atoms with van der Waals surface area (Å²) in [4.78, 5) is 16.1. The summed E-state index contributed by atoms with van der Waals surface area (Å²) in [5, 5.41) is 9.26. The maximum absolute atomic E-state index is 13.0. The number of hydrogen-bond acceptors (Lipinski definition) is 11. The molecule has 0 radical (unpaired) electrons. The van der Waals surface area contributed by atoms with Crippen molar-refractivity contribution in [2.24, 2.45) is 5.41 Å². The Bertz CT molecular complexity index is 1260. The van der Waals surface area contributed by atoms with Gasteiger partial charge in [-0.3, -0.25) is 0 Å². The van der Waals surface area contributed by atoms with Crippen LogP contribution in [0.5, 0.6) is 0 Å². The Hall–Kier alpha value is -2.32. The van der Waals surface area contributed by atoms with Gasteiger partial charge in [-0.2, -0.15) is 0 Å². The smallest absolute Gasteiger partial charge is 0.158 e. The first-order valence-corrected chi connectivity index (χ1v) is 13.9. The van der Waals surface area contributed by atoms with E-state index in [-0.39, 0.29) is 22.0 Å². The van der Waals surface area contributed by atoms with Crippen LogP contribution in [0.15, 0.2) is 34.6 Å². The van der Waals surface area contributed by atoms with Gasteiger partial charge in [0.15, 0.2) is 5.82 Å². The Kier molecular flexibility index (Phi) is 6.70. The molecule has 0 saturated carbocycles. The summed E-state index contributed by atoms with van der Waals surface area (Å²) in [5.41, 5.74) is 13.0. The van der Waals surface area contributed by atoms with Gasteiger partial charge in [0.1, 0.15) is 27.5 Å². The Morgan fingerprint density at radius 2 is 1.94 bits per heavy atom. The van der Waals surface area contributed by atoms with Crippen molar-refractivity contribution in [3.8, 4) is 0 Å². The summed E-state index contributed by atoms with van der Waals surface area (Å²) in [7, 11) is 0. The van der Waals surface area contributed by atoms with Crippen LogP contribution in [0.4, 0.5) is 17.5 Å². The van der Waals surface area contributed by atoms with Gasteiger partial charge in [-0.1, -0.05) is 28.6 Å². The van der Waals surface area contributed by atoms with E-state index in [0.717, 1.165) is 48.9 Å². The molecule has 2 aliphatic rings. The highest BCUT2D eigenvalue weighted by Gasteiger charge is 2.52. The number of aromatic nitrogens is 6. The van der Waals surface area contributed by atoms with E-state index in [1.807, 2.05) is 25.5 Å². The van der Waals surface area contributed by atoms with Crippen molar-refractivity contribution in [1.29, 1.82) is 0 Å². The lowest BCUT2D eigenvalue weighted by atomic mass is 9.74. The molecule has 2 aliphatic heterocycles. The number of nitrogens with two attached hydrogens (primary N) is 2. The molecule has 1 unspecified atom stereocenters. The highest BCUT2D eigenvalue weighted by atomic mass is 35.5. The lowest BCUT2D eigenvalue weighted by Gasteiger charge is -2.43. The van der Waals surface area contributed by atoms with E-state index in [9.17, 15) is 4.55 Å². The SMILES string of the molecule is CC(C)(C)[S+]([O-])N[C@@H]1c2cnnn2CC12CCN(c1cnc(Sc3ccnc(N)c3Cl)c(N)n1)CC2. The molecule has 5 rings (SSSR count). The van der Waals surface area contributed by atoms with E-state index in [1.165, 1.54) is 11.8 Å². The van der Waals surface area contributed by atoms with Crippen molar-refractivity contribution in [3.05, 3.63) is 35.4 Å². The topological polar surface area (TPSA) is 160 Å². The molecule has 11 nitrogen and oxygen atoms in total. The maximum Gasteiger partial charge on any atom is 0.158 e. The standard InChI is InChI=1S/C22H29ClN10OS2/c1-21(2,3)36(34)30-17-13-10-28-31-33(13)12-22(17)5-8-32(9-6-22)15-11-27-20(19(25)29-15)35-14-4-7-26-18(24)16(14)23/h4,7,10-11,17,30H,5-6,8-9,12H2,1-3H3,(H2,24,26)(H2,25,29)/t17-,36?/m1/s1. The zero-order chi connectivity index (χ0) is 25.7. The van der Waals surface area contributed by atoms with Crippen LogP contribution in [0.3, 0.4) is 0 Å². The number of anilines is 3. The van der Waals surface area contributed by atoms with Crippen molar-refractivity contribution in [3.63, 3.8) is 0 Å². The molecule has 0 amide bonds. The van der Waals surface area contributed by atoms with Gasteiger partial charge in [-0.15, -0.1) is 9.82 Å². The molecule has 0 aliphatic carbocycles. The third-order valence-corrected chi connectivity index (χ3v) is 9.86. The first-order chi connectivity index (χ1) is 17.1. The molecule has 3 aromatic rings. The summed E-state index contributed by atoms with van der Waals surface area (Å²) in [6, 6.07) is 1.68. The molecule has 5 N–H and O–H groups in total. The normalized spacial score (nSPS) is 20.0. The molecule has 14 heteroatoms. The molecule has 3 aromatic heterocycles. The minimum atomic E-state index is -1.21. The van der Waals surface area contributed by atoms with Gasteiger partial charge in [-0.05, 0) is 39.7 Å². The summed E-state index contributed by atoms with van der Waals surface area (Å²) >= 11 is 6.36. The van der Waals surface area contributed by atoms with Gasteiger partial charge < -0.3 is 20.9 Å². The van der Waals surface area contributed by atoms with Crippen LogP contribution in [0.1, 0.15) is 45.3 Å². The van der Waals surface area contributed by atoms with Gasteiger partial charge >= 0.3 is 0 Å². The molecule has 0 bridgehead atoms. The van der Waals surface area contributed by atoms with Crippen LogP contribution in [0, 0.1) is 5.41 Å². The van der Waals surface area contributed by atoms with Crippen molar-refractivity contribution in [2.45, 2.75) is 60.9 Å². The second kappa shape index (κ2) is 9.53. The number of nitrogens with one attached hydrogen (secondary N) is 1. The fraction of sp³-hybridized carbons (Fsp3) is 0.500. The fourth-order valence-electron chi connectivity index (χ4n) is 4.65. The Morgan fingerprint density at radius 3 is 2.64 bits per heavy atom. The van der Waals surface area contributed by atoms with E-state index < -0.39 is 11.4 Å². The number of halogens is 1. The molecule has 5 heterocycles. The van der Waals surface area contributed by atoms with Gasteiger partial charge in [-0.25, -0.2) is 19.6 Å². The van der Waals surface area contributed by atoms with Gasteiger partial charge in [0.25, 0.3) is 0 Å². The Balaban J connectivity index is 1.30. The highest BCUT2D eigenvalue weighted by Crippen LogP contribution is 2.50. The van der Waals surface area contributed by atoms with Crippen LogP contribution < -0.4 is 21.1 Å². The molecule has 1 saturated heterocycles. The van der Waals surface area contributed by atoms with Crippen molar-refractivity contribution >= 4 is 52.2 Å². The first kappa shape index (κ1) is 25.3. The molecule has 0 aromatic carbocycles. The van der Waals surface area contributed by atoms with Crippen LogP contribution in [0.2, 0.25) is 5.02 Å². The number of pyridine rings is 1. The number of nitrogens with zero attached hydrogens (tertiary/aromatic N) is 7. The predicted molar refractivity (Wildman–Crippen MR) is 142 cm³/mol. The van der Waals surface area contributed by atoms with Crippen molar-refractivity contribution in [1.82, 2.24) is 34.7 Å². The van der Waals surface area contributed by atoms with E-state index in [0.29, 0.717) is 15.9 Å². The first-order valence-electron chi connectivity index (χ1n) is 11.6. The van der Waals surface area contributed by atoms with Crippen LogP contribution in [0.25, 0.3) is 0 Å². The fourth-order valence-corrected chi connectivity index (χ4v) is 6.60. The third-order valence-electron chi connectivity index (χ3n) is 6.72. The maximum atomic E-state index is 13.0. The monoisotopic (exact) mass is 548 g/mol. The quantitative estimate of drug-likeness (QED) is 0.402. The molecule has 36 heavy (non-hydrogen) atoms. The zero-order valence-electron chi connectivity index (χ0n) is 20.3. The summed E-state index contributed by atoms with van der Waals surface area (Å²) in [5.74, 6) is 1.32. The lowest BCUT2D eigenvalue weighted by molar-refractivity contribution is 0.159. The summed E-state index contributed by atoms with van der Waals surface area (Å²) in [6.07, 6.45) is 6.86. The second-order valence-electron chi connectivity index (χ2n) is 10.1. The highest BCUT2D eigenvalue weighted by molar-refractivity contribution is 7.99. The van der Waals surface area contributed by atoms with Crippen LogP contribution in [-0.2, 0) is 17.9 Å². The Morgan fingerprint density at radius 1 is 1.19 bits per heavy atom. The summed E-state index contributed by atoms with van der Waals surface area (Å²) in [6.45, 7) is 8.20. The minimum absolute atomic E-state index is 0.0813. The van der Waals surface area contributed by atoms with E-state index in [2.05, 4.69) is 34.9 Å². The van der Waals surface area contributed by atoms with Crippen molar-refractivity contribution in [2.75, 3.05) is 29.5 Å². The third kappa shape index (κ3) is 4.70. The van der Waals surface area contributed by atoms with Gasteiger partial charge in [0.05, 0.1) is 29.7 Å². The van der Waals surface area contributed by atoms with E-state index in [4.69, 9.17) is 23.1 Å². The molecule has 192 valence electrons.